The molecule has 3 heterocycles. The molecule has 1 saturated heterocycles. The number of primary amides is 1. The third-order valence-corrected chi connectivity index (χ3v) is 7.94. The Morgan fingerprint density at radius 2 is 1.97 bits per heavy atom. The first-order valence-corrected chi connectivity index (χ1v) is 13.1. The summed E-state index contributed by atoms with van der Waals surface area (Å²) >= 11 is 0. The highest BCUT2D eigenvalue weighted by Gasteiger charge is 2.63. The molecule has 10 nitrogen and oxygen atoms in total. The lowest BCUT2D eigenvalue weighted by Gasteiger charge is -2.36. The van der Waals surface area contributed by atoms with Crippen LogP contribution in [0, 0.1) is 5.92 Å². The average Bonchev–Trinajstić information content (AvgIpc) is 3.45. The topological polar surface area (TPSA) is 158 Å². The fraction of sp³-hybridized carbons (Fsp3) is 0.464. The van der Waals surface area contributed by atoms with Gasteiger partial charge in [0.1, 0.15) is 11.6 Å². The van der Waals surface area contributed by atoms with Gasteiger partial charge in [-0.05, 0) is 43.2 Å². The van der Waals surface area contributed by atoms with E-state index in [2.05, 4.69) is 10.3 Å². The van der Waals surface area contributed by atoms with Crippen molar-refractivity contribution in [1.29, 1.82) is 0 Å². The van der Waals surface area contributed by atoms with Crippen molar-refractivity contribution in [2.75, 3.05) is 6.54 Å². The number of fused-ring (bicyclic) bond motifs is 3. The molecule has 5 rings (SSSR count). The number of pyridine rings is 1. The molecule has 5 atom stereocenters. The summed E-state index contributed by atoms with van der Waals surface area (Å²) in [6, 6.07) is 8.44. The fourth-order valence-corrected chi connectivity index (χ4v) is 5.63. The van der Waals surface area contributed by atoms with Gasteiger partial charge in [0.25, 0.3) is 11.8 Å². The maximum atomic E-state index is 13.8. The number of carbonyl (C=O) groups is 3. The summed E-state index contributed by atoms with van der Waals surface area (Å²) in [5.41, 5.74) is 8.81. The van der Waals surface area contributed by atoms with Crippen LogP contribution < -0.4 is 21.5 Å². The Hall–Kier alpha value is -3.79. The van der Waals surface area contributed by atoms with Crippen LogP contribution in [0.5, 0.6) is 5.88 Å². The van der Waals surface area contributed by atoms with Crippen LogP contribution >= 0.6 is 0 Å². The van der Waals surface area contributed by atoms with Crippen molar-refractivity contribution in [3.05, 3.63) is 48.7 Å². The maximum absolute atomic E-state index is 13.8. The van der Waals surface area contributed by atoms with Gasteiger partial charge in [-0.3, -0.25) is 19.2 Å². The number of hydrogen-bond acceptors (Lipinski definition) is 7. The van der Waals surface area contributed by atoms with Crippen LogP contribution in [0.25, 0.3) is 10.8 Å². The van der Waals surface area contributed by atoms with Gasteiger partial charge in [0, 0.05) is 23.9 Å². The average molecular weight is 519 g/mol. The van der Waals surface area contributed by atoms with Gasteiger partial charge in [-0.2, -0.15) is 0 Å². The van der Waals surface area contributed by atoms with Crippen molar-refractivity contribution in [3.8, 4) is 5.88 Å². The maximum Gasteiger partial charge on any atom is 0.256 e. The molecule has 1 radical (unpaired) electrons. The van der Waals surface area contributed by atoms with E-state index in [0.717, 1.165) is 41.4 Å². The number of rotatable bonds is 4. The van der Waals surface area contributed by atoms with Crippen molar-refractivity contribution < 1.29 is 23.9 Å². The Morgan fingerprint density at radius 3 is 2.76 bits per heavy atom. The normalized spacial score (nSPS) is 32.8. The molecule has 2 fully saturated rings. The molecule has 38 heavy (non-hydrogen) atoms. The number of amides is 3. The molecule has 5 N–H and O–H groups in total. The Labute approximate surface area is 220 Å². The SMILES string of the molecule is NC(=O)C12CC(Oc3nccc4ccccc34)CN1C(=O)C(N)CCCCC/C=C/C1CC1([C]=O)NC2=O. The molecule has 1 saturated carbocycles. The molecule has 3 amide bonds. The molecule has 0 bridgehead atoms. The minimum absolute atomic E-state index is 0.0884. The fourth-order valence-electron chi connectivity index (χ4n) is 5.63. The van der Waals surface area contributed by atoms with Gasteiger partial charge in [0.15, 0.2) is 0 Å². The lowest BCUT2D eigenvalue weighted by Crippen LogP contribution is -2.67. The van der Waals surface area contributed by atoms with Gasteiger partial charge in [-0.1, -0.05) is 43.2 Å². The van der Waals surface area contributed by atoms with Crippen molar-refractivity contribution in [1.82, 2.24) is 15.2 Å². The molecule has 199 valence electrons. The molecular formula is C28H32N5O5. The van der Waals surface area contributed by atoms with Gasteiger partial charge in [0.05, 0.1) is 12.6 Å². The molecule has 0 spiro atoms. The van der Waals surface area contributed by atoms with E-state index < -0.39 is 40.9 Å². The lowest BCUT2D eigenvalue weighted by atomic mass is 9.91. The summed E-state index contributed by atoms with van der Waals surface area (Å²) in [4.78, 5) is 58.0. The van der Waals surface area contributed by atoms with Crippen LogP contribution in [0.15, 0.2) is 48.7 Å². The first-order chi connectivity index (χ1) is 18.3. The van der Waals surface area contributed by atoms with E-state index in [1.54, 1.807) is 6.20 Å². The molecule has 1 aromatic heterocycles. The molecule has 2 aromatic rings. The van der Waals surface area contributed by atoms with E-state index in [4.69, 9.17) is 16.2 Å². The number of benzene rings is 1. The molecular weight excluding hydrogens is 486 g/mol. The molecule has 5 unspecified atom stereocenters. The summed E-state index contributed by atoms with van der Waals surface area (Å²) < 4.78 is 6.20. The molecule has 1 aromatic carbocycles. The first-order valence-electron chi connectivity index (χ1n) is 13.1. The number of nitrogens with one attached hydrogen (secondary N) is 1. The van der Waals surface area contributed by atoms with E-state index in [1.807, 2.05) is 48.8 Å². The van der Waals surface area contributed by atoms with Gasteiger partial charge in [-0.15, -0.1) is 0 Å². The zero-order valence-electron chi connectivity index (χ0n) is 21.1. The molecule has 3 aliphatic rings. The highest BCUT2D eigenvalue weighted by atomic mass is 16.5. The van der Waals surface area contributed by atoms with E-state index in [-0.39, 0.29) is 18.9 Å². The van der Waals surface area contributed by atoms with Gasteiger partial charge in [0.2, 0.25) is 23.6 Å². The van der Waals surface area contributed by atoms with E-state index in [0.29, 0.717) is 18.7 Å². The van der Waals surface area contributed by atoms with Crippen LogP contribution in [0.2, 0.25) is 0 Å². The zero-order valence-corrected chi connectivity index (χ0v) is 21.1. The highest BCUT2D eigenvalue weighted by Crippen LogP contribution is 2.44. The summed E-state index contributed by atoms with van der Waals surface area (Å²) in [5, 5.41) is 4.37. The standard InChI is InChI=1S/C28H32N5O5/c29-22-11-5-3-1-2-4-9-19-14-27(19,17-34)32-26(37)28(25(30)36)15-20(16-33(28)24(22)35)38-23-21-10-7-6-8-18(21)12-13-31-23/h4,6-10,12-13,19-20,22H,1-3,5,11,14-16,29H2,(H2,30,36)(H,32,37)/b9-4+. The predicted molar refractivity (Wildman–Crippen MR) is 139 cm³/mol. The largest absolute Gasteiger partial charge is 0.472 e. The van der Waals surface area contributed by atoms with Crippen molar-refractivity contribution >= 4 is 34.8 Å². The summed E-state index contributed by atoms with van der Waals surface area (Å²) in [6.07, 6.45) is 10.6. The monoisotopic (exact) mass is 518 g/mol. The summed E-state index contributed by atoms with van der Waals surface area (Å²) in [6.45, 7) is -0.0884. The second-order valence-electron chi connectivity index (χ2n) is 10.5. The number of hydrogen-bond donors (Lipinski definition) is 3. The van der Waals surface area contributed by atoms with E-state index in [9.17, 15) is 19.2 Å². The Morgan fingerprint density at radius 1 is 1.16 bits per heavy atom. The van der Waals surface area contributed by atoms with E-state index in [1.165, 1.54) is 0 Å². The number of ether oxygens (including phenoxy) is 1. The van der Waals surface area contributed by atoms with Gasteiger partial charge in [-0.25, -0.2) is 4.98 Å². The van der Waals surface area contributed by atoms with Crippen LogP contribution in [0.1, 0.15) is 44.9 Å². The smallest absolute Gasteiger partial charge is 0.256 e. The van der Waals surface area contributed by atoms with Crippen LogP contribution in [0.3, 0.4) is 0 Å². The van der Waals surface area contributed by atoms with Crippen LogP contribution in [0.4, 0.5) is 0 Å². The number of allylic oxidation sites excluding steroid dienone is 1. The minimum Gasteiger partial charge on any atom is -0.472 e. The number of carbonyl (C=O) groups excluding carboxylic acids is 4. The number of nitrogens with two attached hydrogens (primary N) is 2. The number of nitrogens with zero attached hydrogens (tertiary/aromatic N) is 2. The molecule has 10 heteroatoms. The minimum atomic E-state index is -2.08. The predicted octanol–water partition coefficient (Wildman–Crippen LogP) is 1.27. The second kappa shape index (κ2) is 10.2. The zero-order chi connectivity index (χ0) is 26.9. The van der Waals surface area contributed by atoms with Crippen molar-refractivity contribution in [2.45, 2.75) is 68.2 Å². The van der Waals surface area contributed by atoms with Gasteiger partial charge < -0.3 is 26.4 Å². The third kappa shape index (κ3) is 4.53. The molecule has 1 aliphatic carbocycles. The third-order valence-electron chi connectivity index (χ3n) is 7.94. The Balaban J connectivity index is 1.51. The summed E-state index contributed by atoms with van der Waals surface area (Å²) in [5.74, 6) is -2.31. The quantitative estimate of drug-likeness (QED) is 0.406. The molecule has 2 aliphatic heterocycles. The van der Waals surface area contributed by atoms with E-state index >= 15 is 0 Å². The lowest BCUT2D eigenvalue weighted by molar-refractivity contribution is -0.153. The number of aromatic nitrogens is 1. The van der Waals surface area contributed by atoms with Crippen LogP contribution in [-0.2, 0) is 19.2 Å². The summed E-state index contributed by atoms with van der Waals surface area (Å²) in [7, 11) is 0. The van der Waals surface area contributed by atoms with Crippen molar-refractivity contribution in [2.24, 2.45) is 17.4 Å². The van der Waals surface area contributed by atoms with Crippen molar-refractivity contribution in [3.63, 3.8) is 0 Å². The van der Waals surface area contributed by atoms with Crippen LogP contribution in [-0.4, -0.2) is 63.7 Å². The second-order valence-corrected chi connectivity index (χ2v) is 10.5. The van der Waals surface area contributed by atoms with Gasteiger partial charge >= 0.3 is 0 Å². The first kappa shape index (κ1) is 25.8. The Kier molecular flexibility index (Phi) is 6.92. The highest BCUT2D eigenvalue weighted by molar-refractivity contribution is 6.13. The Bertz CT molecular complexity index is 1290.